The highest BCUT2D eigenvalue weighted by Crippen LogP contribution is 2.28. The van der Waals surface area contributed by atoms with Crippen molar-refractivity contribution in [3.05, 3.63) is 4.88 Å². The summed E-state index contributed by atoms with van der Waals surface area (Å²) < 4.78 is 5.24. The average molecular weight is 285 g/mol. The van der Waals surface area contributed by atoms with Gasteiger partial charge in [0.2, 0.25) is 5.91 Å². The number of nitrogens with zero attached hydrogens (tertiary/aromatic N) is 2. The first-order chi connectivity index (χ1) is 9.08. The van der Waals surface area contributed by atoms with Crippen molar-refractivity contribution < 1.29 is 14.3 Å². The van der Waals surface area contributed by atoms with Gasteiger partial charge in [-0.3, -0.25) is 9.59 Å². The summed E-state index contributed by atoms with van der Waals surface area (Å²) in [7, 11) is 0. The predicted molar refractivity (Wildman–Crippen MR) is 71.1 cm³/mol. The molecule has 0 saturated carbocycles. The molecular weight excluding hydrogens is 270 g/mol. The quantitative estimate of drug-likeness (QED) is 0.637. The van der Waals surface area contributed by atoms with Gasteiger partial charge < -0.3 is 26.4 Å². The van der Waals surface area contributed by atoms with Gasteiger partial charge in [-0.1, -0.05) is 11.3 Å². The molecule has 1 aliphatic rings. The van der Waals surface area contributed by atoms with E-state index in [1.165, 1.54) is 11.3 Å². The van der Waals surface area contributed by atoms with E-state index in [9.17, 15) is 9.59 Å². The van der Waals surface area contributed by atoms with E-state index in [1.807, 2.05) is 4.90 Å². The van der Waals surface area contributed by atoms with E-state index in [0.717, 1.165) is 13.1 Å². The Balaban J connectivity index is 2.07. The number of nitrogens with two attached hydrogens (primary N) is 2. The van der Waals surface area contributed by atoms with Crippen LogP contribution in [0, 0.1) is 0 Å². The van der Waals surface area contributed by atoms with Gasteiger partial charge in [0.25, 0.3) is 5.91 Å². The summed E-state index contributed by atoms with van der Waals surface area (Å²) in [4.78, 5) is 28.9. The molecule has 19 heavy (non-hydrogen) atoms. The van der Waals surface area contributed by atoms with E-state index >= 15 is 0 Å². The standard InChI is InChI=1S/C10H15N5O3S/c11-6(16)5-13-9(17)7-8(12)14-10(19-7)15-1-3-18-4-2-15/h1-5,12H2,(H2,11,16)(H,13,17). The fourth-order valence-corrected chi connectivity index (χ4v) is 2.57. The number of morpholine rings is 1. The molecule has 2 heterocycles. The molecule has 0 atom stereocenters. The largest absolute Gasteiger partial charge is 0.382 e. The lowest BCUT2D eigenvalue weighted by Gasteiger charge is -2.25. The number of aromatic nitrogens is 1. The molecular formula is C10H15N5O3S. The highest BCUT2D eigenvalue weighted by molar-refractivity contribution is 7.18. The number of hydrogen-bond donors (Lipinski definition) is 3. The van der Waals surface area contributed by atoms with Crippen LogP contribution in [-0.4, -0.2) is 49.6 Å². The van der Waals surface area contributed by atoms with Gasteiger partial charge in [0.05, 0.1) is 19.8 Å². The third-order valence-corrected chi connectivity index (χ3v) is 3.68. The molecule has 0 aromatic carbocycles. The first-order valence-electron chi connectivity index (χ1n) is 5.73. The normalized spacial score (nSPS) is 15.3. The second-order valence-electron chi connectivity index (χ2n) is 3.96. The van der Waals surface area contributed by atoms with Crippen LogP contribution in [-0.2, 0) is 9.53 Å². The number of nitrogens with one attached hydrogen (secondary N) is 1. The summed E-state index contributed by atoms with van der Waals surface area (Å²) in [5.41, 5.74) is 10.7. The number of carbonyl (C=O) groups is 2. The maximum absolute atomic E-state index is 11.8. The SMILES string of the molecule is NC(=O)CNC(=O)c1sc(N2CCOCC2)nc1N. The van der Waals surface area contributed by atoms with E-state index in [2.05, 4.69) is 10.3 Å². The Kier molecular flexibility index (Phi) is 4.17. The molecule has 0 aliphatic carbocycles. The summed E-state index contributed by atoms with van der Waals surface area (Å²) in [5, 5.41) is 3.07. The number of rotatable bonds is 4. The van der Waals surface area contributed by atoms with Crippen LogP contribution in [0.5, 0.6) is 0 Å². The van der Waals surface area contributed by atoms with Crippen LogP contribution in [0.2, 0.25) is 0 Å². The molecule has 2 amide bonds. The number of thiazole rings is 1. The summed E-state index contributed by atoms with van der Waals surface area (Å²) in [6.45, 7) is 2.47. The van der Waals surface area contributed by atoms with Crippen LogP contribution in [0.4, 0.5) is 10.9 Å². The minimum Gasteiger partial charge on any atom is -0.382 e. The lowest BCUT2D eigenvalue weighted by Crippen LogP contribution is -2.36. The molecule has 1 aliphatic heterocycles. The monoisotopic (exact) mass is 285 g/mol. The van der Waals surface area contributed by atoms with Crippen LogP contribution >= 0.6 is 11.3 Å². The number of carbonyl (C=O) groups excluding carboxylic acids is 2. The van der Waals surface area contributed by atoms with Crippen molar-refractivity contribution in [3.63, 3.8) is 0 Å². The van der Waals surface area contributed by atoms with Crippen LogP contribution < -0.4 is 21.7 Å². The zero-order valence-corrected chi connectivity index (χ0v) is 11.0. The number of anilines is 2. The van der Waals surface area contributed by atoms with Crippen molar-refractivity contribution in [1.29, 1.82) is 0 Å². The predicted octanol–water partition coefficient (Wildman–Crippen LogP) is -1.22. The van der Waals surface area contributed by atoms with Gasteiger partial charge in [-0.15, -0.1) is 0 Å². The van der Waals surface area contributed by atoms with Gasteiger partial charge in [-0.25, -0.2) is 4.98 Å². The Hall–Kier alpha value is -1.87. The number of nitrogen functional groups attached to an aromatic ring is 1. The fourth-order valence-electron chi connectivity index (χ4n) is 1.62. The lowest BCUT2D eigenvalue weighted by molar-refractivity contribution is -0.117. The molecule has 0 spiro atoms. The van der Waals surface area contributed by atoms with Crippen molar-refractivity contribution in [1.82, 2.24) is 10.3 Å². The van der Waals surface area contributed by atoms with Crippen LogP contribution in [0.3, 0.4) is 0 Å². The highest BCUT2D eigenvalue weighted by atomic mass is 32.1. The van der Waals surface area contributed by atoms with E-state index in [4.69, 9.17) is 16.2 Å². The van der Waals surface area contributed by atoms with Gasteiger partial charge in [0, 0.05) is 13.1 Å². The zero-order chi connectivity index (χ0) is 13.8. The Morgan fingerprint density at radius 2 is 2.11 bits per heavy atom. The van der Waals surface area contributed by atoms with E-state index in [-0.39, 0.29) is 12.4 Å². The van der Waals surface area contributed by atoms with Crippen LogP contribution in [0.25, 0.3) is 0 Å². The number of amides is 2. The van der Waals surface area contributed by atoms with Crippen molar-refractivity contribution >= 4 is 34.1 Å². The minimum absolute atomic E-state index is 0.161. The first-order valence-corrected chi connectivity index (χ1v) is 6.55. The molecule has 1 aromatic heterocycles. The summed E-state index contributed by atoms with van der Waals surface area (Å²) in [6.07, 6.45) is 0. The van der Waals surface area contributed by atoms with E-state index < -0.39 is 11.8 Å². The van der Waals surface area contributed by atoms with Crippen molar-refractivity contribution in [2.75, 3.05) is 43.5 Å². The van der Waals surface area contributed by atoms with Crippen molar-refractivity contribution in [2.45, 2.75) is 0 Å². The van der Waals surface area contributed by atoms with Gasteiger partial charge in [0.1, 0.15) is 10.7 Å². The van der Waals surface area contributed by atoms with Gasteiger partial charge in [-0.2, -0.15) is 0 Å². The van der Waals surface area contributed by atoms with E-state index in [0.29, 0.717) is 23.2 Å². The van der Waals surface area contributed by atoms with Crippen molar-refractivity contribution in [3.8, 4) is 0 Å². The number of hydrogen-bond acceptors (Lipinski definition) is 7. The Morgan fingerprint density at radius 3 is 2.74 bits per heavy atom. The van der Waals surface area contributed by atoms with Crippen LogP contribution in [0.15, 0.2) is 0 Å². The van der Waals surface area contributed by atoms with Crippen molar-refractivity contribution in [2.24, 2.45) is 5.73 Å². The lowest BCUT2D eigenvalue weighted by atomic mass is 10.4. The number of primary amides is 1. The second-order valence-corrected chi connectivity index (χ2v) is 4.94. The topological polar surface area (TPSA) is 124 Å². The Morgan fingerprint density at radius 1 is 1.42 bits per heavy atom. The Labute approximate surface area is 113 Å². The molecule has 8 nitrogen and oxygen atoms in total. The zero-order valence-electron chi connectivity index (χ0n) is 10.2. The molecule has 1 saturated heterocycles. The maximum atomic E-state index is 11.8. The molecule has 1 aromatic rings. The van der Waals surface area contributed by atoms with Crippen LogP contribution in [0.1, 0.15) is 9.67 Å². The second kappa shape index (κ2) is 5.85. The third-order valence-electron chi connectivity index (χ3n) is 2.55. The summed E-state index contributed by atoms with van der Waals surface area (Å²) in [5.74, 6) is -0.883. The molecule has 5 N–H and O–H groups in total. The molecule has 0 radical (unpaired) electrons. The smallest absolute Gasteiger partial charge is 0.265 e. The average Bonchev–Trinajstić information content (AvgIpc) is 2.79. The third kappa shape index (κ3) is 3.32. The van der Waals surface area contributed by atoms with E-state index in [1.54, 1.807) is 0 Å². The summed E-state index contributed by atoms with van der Waals surface area (Å²) >= 11 is 1.20. The summed E-state index contributed by atoms with van der Waals surface area (Å²) in [6, 6.07) is 0. The fraction of sp³-hybridized carbons (Fsp3) is 0.500. The molecule has 1 fully saturated rings. The maximum Gasteiger partial charge on any atom is 0.265 e. The highest BCUT2D eigenvalue weighted by Gasteiger charge is 2.21. The number of ether oxygens (including phenoxy) is 1. The van der Waals surface area contributed by atoms with Gasteiger partial charge >= 0.3 is 0 Å². The molecule has 2 rings (SSSR count). The molecule has 9 heteroatoms. The van der Waals surface area contributed by atoms with Gasteiger partial charge in [-0.05, 0) is 0 Å². The molecule has 0 unspecified atom stereocenters. The molecule has 0 bridgehead atoms. The van der Waals surface area contributed by atoms with Gasteiger partial charge in [0.15, 0.2) is 5.13 Å². The first kappa shape index (κ1) is 13.6. The minimum atomic E-state index is -0.607. The Bertz CT molecular complexity index is 484. The molecule has 104 valence electrons.